The van der Waals surface area contributed by atoms with Crippen molar-refractivity contribution in [1.29, 1.82) is 0 Å². The summed E-state index contributed by atoms with van der Waals surface area (Å²) in [6.07, 6.45) is -0.775. The molecular weight excluding hydrogens is 429 g/mol. The Balaban J connectivity index is 1.66. The Kier molecular flexibility index (Phi) is 5.97. The van der Waals surface area contributed by atoms with E-state index in [9.17, 15) is 23.3 Å². The van der Waals surface area contributed by atoms with Crippen molar-refractivity contribution in [2.75, 3.05) is 18.0 Å². The lowest BCUT2D eigenvalue weighted by Gasteiger charge is -2.22. The molecule has 1 aliphatic heterocycles. The fourth-order valence-corrected chi connectivity index (χ4v) is 3.70. The molecule has 0 unspecified atom stereocenters. The molecule has 11 heteroatoms. The molecule has 1 fully saturated rings. The van der Waals surface area contributed by atoms with Crippen molar-refractivity contribution < 1.29 is 27.4 Å². The molecular formula is C21H19F3N4O4. The number of ether oxygens (including phenoxy) is 1. The number of rotatable bonds is 5. The minimum Gasteiger partial charge on any atom is -0.405 e. The van der Waals surface area contributed by atoms with Crippen LogP contribution in [-0.4, -0.2) is 34.5 Å². The largest absolute Gasteiger partial charge is 0.573 e. The molecule has 8 nitrogen and oxygen atoms in total. The molecule has 2 aromatic carbocycles. The Morgan fingerprint density at radius 3 is 2.47 bits per heavy atom. The third-order valence-corrected chi connectivity index (χ3v) is 5.15. The van der Waals surface area contributed by atoms with Crippen LogP contribution in [-0.2, 0) is 0 Å². The summed E-state index contributed by atoms with van der Waals surface area (Å²) in [5.41, 5.74) is 0.702. The predicted molar refractivity (Wildman–Crippen MR) is 109 cm³/mol. The molecule has 1 aliphatic rings. The van der Waals surface area contributed by atoms with Gasteiger partial charge >= 0.3 is 6.36 Å². The van der Waals surface area contributed by atoms with Gasteiger partial charge in [-0.3, -0.25) is 10.1 Å². The zero-order valence-corrected chi connectivity index (χ0v) is 16.8. The average molecular weight is 448 g/mol. The van der Waals surface area contributed by atoms with Crippen LogP contribution in [0.1, 0.15) is 25.7 Å². The second-order valence-corrected chi connectivity index (χ2v) is 7.33. The van der Waals surface area contributed by atoms with Crippen LogP contribution in [0.3, 0.4) is 0 Å². The van der Waals surface area contributed by atoms with Crippen molar-refractivity contribution in [3.05, 3.63) is 52.6 Å². The number of aromatic nitrogens is 2. The van der Waals surface area contributed by atoms with E-state index in [2.05, 4.69) is 14.9 Å². The third-order valence-electron chi connectivity index (χ3n) is 5.15. The fourth-order valence-electron chi connectivity index (χ4n) is 3.70. The van der Waals surface area contributed by atoms with E-state index in [-0.39, 0.29) is 23.0 Å². The summed E-state index contributed by atoms with van der Waals surface area (Å²) in [5.74, 6) is -0.652. The number of benzene rings is 2. The van der Waals surface area contributed by atoms with Gasteiger partial charge in [0.05, 0.1) is 10.5 Å². The molecule has 1 aromatic heterocycles. The quantitative estimate of drug-likeness (QED) is 0.371. The molecule has 32 heavy (non-hydrogen) atoms. The van der Waals surface area contributed by atoms with Gasteiger partial charge in [-0.05, 0) is 37.1 Å². The van der Waals surface area contributed by atoms with Crippen LogP contribution in [0.5, 0.6) is 5.75 Å². The summed E-state index contributed by atoms with van der Waals surface area (Å²) in [7, 11) is 0. The molecule has 0 bridgehead atoms. The zero-order chi connectivity index (χ0) is 22.7. The van der Waals surface area contributed by atoms with Crippen LogP contribution < -0.4 is 9.64 Å². The monoisotopic (exact) mass is 448 g/mol. The van der Waals surface area contributed by atoms with Gasteiger partial charge in [-0.15, -0.1) is 13.2 Å². The van der Waals surface area contributed by atoms with Crippen LogP contribution in [0.15, 0.2) is 47.0 Å². The van der Waals surface area contributed by atoms with Gasteiger partial charge in [0.25, 0.3) is 11.6 Å². The number of alkyl halides is 3. The first-order valence-electron chi connectivity index (χ1n) is 10.0. The molecule has 3 aromatic rings. The van der Waals surface area contributed by atoms with Crippen molar-refractivity contribution in [1.82, 2.24) is 10.1 Å². The Morgan fingerprint density at radius 2 is 1.78 bits per heavy atom. The number of nitro groups is 1. The van der Waals surface area contributed by atoms with Crippen LogP contribution in [0.2, 0.25) is 0 Å². The Bertz CT molecular complexity index is 1110. The molecule has 0 atom stereocenters. The van der Waals surface area contributed by atoms with Crippen LogP contribution in [0, 0.1) is 10.1 Å². The molecule has 4 rings (SSSR count). The maximum atomic E-state index is 12.7. The second-order valence-electron chi connectivity index (χ2n) is 7.33. The SMILES string of the molecule is O=[N+]([O-])c1cc(-c2nc(-c3ccccc3OC(F)(F)F)no2)ccc1N1CCCCCC1. The van der Waals surface area contributed by atoms with Crippen molar-refractivity contribution in [3.63, 3.8) is 0 Å². The van der Waals surface area contributed by atoms with Gasteiger partial charge in [-0.1, -0.05) is 30.1 Å². The van der Waals surface area contributed by atoms with E-state index in [1.54, 1.807) is 12.1 Å². The van der Waals surface area contributed by atoms with E-state index in [1.165, 1.54) is 24.3 Å². The molecule has 0 aliphatic carbocycles. The lowest BCUT2D eigenvalue weighted by Crippen LogP contribution is -2.24. The van der Waals surface area contributed by atoms with Gasteiger partial charge in [0.1, 0.15) is 11.4 Å². The lowest BCUT2D eigenvalue weighted by atomic mass is 10.1. The van der Waals surface area contributed by atoms with Crippen LogP contribution in [0.25, 0.3) is 22.8 Å². The third kappa shape index (κ3) is 4.82. The highest BCUT2D eigenvalue weighted by atomic mass is 19.4. The highest BCUT2D eigenvalue weighted by molar-refractivity contribution is 5.72. The summed E-state index contributed by atoms with van der Waals surface area (Å²) in [6.45, 7) is 1.47. The van der Waals surface area contributed by atoms with Gasteiger partial charge in [0.2, 0.25) is 5.82 Å². The van der Waals surface area contributed by atoms with Crippen LogP contribution in [0.4, 0.5) is 24.5 Å². The standard InChI is InChI=1S/C21H19F3N4O4/c22-21(23,24)31-18-8-4-3-7-15(18)19-25-20(32-26-19)14-9-10-16(17(13-14)28(29)30)27-11-5-1-2-6-12-27/h3-4,7-10,13H,1-2,5-6,11-12H2. The number of anilines is 1. The smallest absolute Gasteiger partial charge is 0.405 e. The molecule has 0 N–H and O–H groups in total. The summed E-state index contributed by atoms with van der Waals surface area (Å²) in [6, 6.07) is 10.0. The Morgan fingerprint density at radius 1 is 1.06 bits per heavy atom. The van der Waals surface area contributed by atoms with Gasteiger partial charge in [-0.2, -0.15) is 4.98 Å². The van der Waals surface area contributed by atoms with E-state index < -0.39 is 17.0 Å². The highest BCUT2D eigenvalue weighted by Crippen LogP contribution is 2.36. The number of para-hydroxylation sites is 1. The van der Waals surface area contributed by atoms with Crippen molar-refractivity contribution >= 4 is 11.4 Å². The summed E-state index contributed by atoms with van der Waals surface area (Å²) in [5, 5.41) is 15.5. The van der Waals surface area contributed by atoms with E-state index in [1.807, 2.05) is 4.90 Å². The topological polar surface area (TPSA) is 94.5 Å². The summed E-state index contributed by atoms with van der Waals surface area (Å²) >= 11 is 0. The maximum absolute atomic E-state index is 12.7. The molecule has 0 saturated carbocycles. The Hall–Kier alpha value is -3.63. The number of nitro benzene ring substituents is 1. The maximum Gasteiger partial charge on any atom is 0.573 e. The molecule has 2 heterocycles. The van der Waals surface area contributed by atoms with E-state index >= 15 is 0 Å². The first-order valence-corrected chi connectivity index (χ1v) is 10.0. The normalized spacial score (nSPS) is 14.8. The average Bonchev–Trinajstić information content (AvgIpc) is 3.08. The first-order chi connectivity index (χ1) is 15.3. The Labute approximate surface area is 180 Å². The molecule has 168 valence electrons. The first kappa shape index (κ1) is 21.6. The number of hydrogen-bond donors (Lipinski definition) is 0. The number of nitrogens with zero attached hydrogens (tertiary/aromatic N) is 4. The minimum atomic E-state index is -4.88. The number of hydrogen-bond acceptors (Lipinski definition) is 7. The summed E-state index contributed by atoms with van der Waals surface area (Å²) in [4.78, 5) is 17.4. The van der Waals surface area contributed by atoms with Crippen molar-refractivity contribution in [2.24, 2.45) is 0 Å². The van der Waals surface area contributed by atoms with E-state index in [0.717, 1.165) is 44.8 Å². The number of halogens is 3. The molecule has 0 spiro atoms. The summed E-state index contributed by atoms with van der Waals surface area (Å²) < 4.78 is 47.3. The molecule has 0 amide bonds. The van der Waals surface area contributed by atoms with E-state index in [0.29, 0.717) is 11.3 Å². The minimum absolute atomic E-state index is 0.0180. The second kappa shape index (κ2) is 8.85. The lowest BCUT2D eigenvalue weighted by molar-refractivity contribution is -0.384. The van der Waals surface area contributed by atoms with Gasteiger partial charge < -0.3 is 14.2 Å². The molecule has 0 radical (unpaired) electrons. The van der Waals surface area contributed by atoms with Gasteiger partial charge in [0.15, 0.2) is 0 Å². The fraction of sp³-hybridized carbons (Fsp3) is 0.333. The predicted octanol–water partition coefficient (Wildman–Crippen LogP) is 5.59. The molecule has 1 saturated heterocycles. The van der Waals surface area contributed by atoms with Gasteiger partial charge in [0, 0.05) is 24.7 Å². The van der Waals surface area contributed by atoms with Gasteiger partial charge in [-0.25, -0.2) is 0 Å². The van der Waals surface area contributed by atoms with Crippen LogP contribution >= 0.6 is 0 Å². The zero-order valence-electron chi connectivity index (χ0n) is 16.8. The van der Waals surface area contributed by atoms with Crippen molar-refractivity contribution in [3.8, 4) is 28.6 Å². The van der Waals surface area contributed by atoms with E-state index in [4.69, 9.17) is 4.52 Å². The highest BCUT2D eigenvalue weighted by Gasteiger charge is 2.33. The van der Waals surface area contributed by atoms with Crippen molar-refractivity contribution in [2.45, 2.75) is 32.0 Å².